The lowest BCUT2D eigenvalue weighted by atomic mass is 9.84. The Morgan fingerprint density at radius 1 is 1.39 bits per heavy atom. The number of methoxy groups -OCH3 is 1. The number of rotatable bonds is 2. The van der Waals surface area contributed by atoms with E-state index in [0.29, 0.717) is 6.10 Å². The Morgan fingerprint density at radius 3 is 2.89 bits per heavy atom. The molecule has 0 aromatic carbocycles. The van der Waals surface area contributed by atoms with Gasteiger partial charge in [0.05, 0.1) is 24.9 Å². The summed E-state index contributed by atoms with van der Waals surface area (Å²) in [5, 5.41) is 8.30. The van der Waals surface area contributed by atoms with E-state index in [0.717, 1.165) is 44.0 Å². The molecule has 2 aliphatic rings. The molecule has 0 bridgehead atoms. The lowest BCUT2D eigenvalue weighted by Gasteiger charge is -2.53. The minimum absolute atomic E-state index is 0.0223. The molecule has 5 heteroatoms. The van der Waals surface area contributed by atoms with E-state index in [2.05, 4.69) is 15.1 Å². The van der Waals surface area contributed by atoms with Gasteiger partial charge in [0.2, 0.25) is 0 Å². The summed E-state index contributed by atoms with van der Waals surface area (Å²) >= 11 is 0. The maximum Gasteiger partial charge on any atom is 0.151 e. The molecule has 0 N–H and O–H groups in total. The number of hydrogen-bond acceptors (Lipinski definition) is 5. The highest BCUT2D eigenvalue weighted by Crippen LogP contribution is 2.36. The van der Waals surface area contributed by atoms with Gasteiger partial charge in [-0.15, -0.1) is 5.10 Å². The Balaban J connectivity index is 1.63. The number of aryl methyl sites for hydroxylation is 1. The van der Waals surface area contributed by atoms with E-state index in [4.69, 9.17) is 9.47 Å². The summed E-state index contributed by atoms with van der Waals surface area (Å²) in [6.07, 6.45) is 2.33. The van der Waals surface area contributed by atoms with Gasteiger partial charge in [-0.25, -0.2) is 0 Å². The lowest BCUT2D eigenvalue weighted by Crippen LogP contribution is -2.66. The van der Waals surface area contributed by atoms with E-state index in [9.17, 15) is 0 Å². The molecular formula is C13H19N3O2. The summed E-state index contributed by atoms with van der Waals surface area (Å²) in [6, 6.07) is 4.01. The van der Waals surface area contributed by atoms with Crippen molar-refractivity contribution < 1.29 is 9.47 Å². The van der Waals surface area contributed by atoms with E-state index in [-0.39, 0.29) is 5.60 Å². The summed E-state index contributed by atoms with van der Waals surface area (Å²) in [5.41, 5.74) is 0.924. The van der Waals surface area contributed by atoms with Gasteiger partial charge in [-0.2, -0.15) is 5.10 Å². The molecule has 0 saturated carbocycles. The molecule has 2 aliphatic heterocycles. The number of aromatic nitrogens is 2. The van der Waals surface area contributed by atoms with Crippen molar-refractivity contribution in [3.05, 3.63) is 17.8 Å². The standard InChI is InChI=1S/C13H19N3O2/c1-10-3-4-12(15-14-10)16-8-13(9-16)7-11(17-2)5-6-18-13/h3-4,11H,5-9H2,1-2H3/t11-/m1/s1. The molecular weight excluding hydrogens is 230 g/mol. The van der Waals surface area contributed by atoms with E-state index >= 15 is 0 Å². The highest BCUT2D eigenvalue weighted by molar-refractivity contribution is 5.43. The molecule has 0 aliphatic carbocycles. The highest BCUT2D eigenvalue weighted by Gasteiger charge is 2.48. The average molecular weight is 249 g/mol. The predicted octanol–water partition coefficient (Wildman–Crippen LogP) is 1.17. The van der Waals surface area contributed by atoms with Crippen molar-refractivity contribution in [1.29, 1.82) is 0 Å². The third kappa shape index (κ3) is 2.08. The fourth-order valence-electron chi connectivity index (χ4n) is 2.78. The van der Waals surface area contributed by atoms with E-state index in [1.165, 1.54) is 0 Å². The molecule has 1 atom stereocenters. The summed E-state index contributed by atoms with van der Waals surface area (Å²) in [6.45, 7) is 4.53. The normalized spacial score (nSPS) is 26.1. The first-order valence-corrected chi connectivity index (χ1v) is 6.43. The van der Waals surface area contributed by atoms with Crippen LogP contribution in [-0.2, 0) is 9.47 Å². The Hall–Kier alpha value is -1.20. The van der Waals surface area contributed by atoms with Gasteiger partial charge in [0.15, 0.2) is 5.82 Å². The SMILES string of the molecule is CO[C@@H]1CCOC2(C1)CN(c1ccc(C)nn1)C2. The van der Waals surface area contributed by atoms with Crippen LogP contribution in [0.15, 0.2) is 12.1 Å². The maximum atomic E-state index is 5.94. The van der Waals surface area contributed by atoms with Crippen LogP contribution in [0.3, 0.4) is 0 Å². The Labute approximate surface area is 107 Å². The van der Waals surface area contributed by atoms with Crippen molar-refractivity contribution in [1.82, 2.24) is 10.2 Å². The van der Waals surface area contributed by atoms with Crippen molar-refractivity contribution in [3.63, 3.8) is 0 Å². The molecule has 2 saturated heterocycles. The predicted molar refractivity (Wildman–Crippen MR) is 67.7 cm³/mol. The van der Waals surface area contributed by atoms with Crippen molar-refractivity contribution >= 4 is 5.82 Å². The first-order valence-electron chi connectivity index (χ1n) is 6.43. The molecule has 98 valence electrons. The van der Waals surface area contributed by atoms with E-state index < -0.39 is 0 Å². The van der Waals surface area contributed by atoms with Crippen molar-refractivity contribution in [2.24, 2.45) is 0 Å². The van der Waals surface area contributed by atoms with E-state index in [1.54, 1.807) is 7.11 Å². The quantitative estimate of drug-likeness (QED) is 0.787. The molecule has 3 rings (SSSR count). The van der Waals surface area contributed by atoms with Crippen LogP contribution in [0, 0.1) is 6.92 Å². The molecule has 0 radical (unpaired) electrons. The minimum Gasteiger partial charge on any atom is -0.381 e. The molecule has 1 aromatic rings. The van der Waals surface area contributed by atoms with Crippen LogP contribution < -0.4 is 4.90 Å². The Kier molecular flexibility index (Phi) is 2.95. The van der Waals surface area contributed by atoms with Gasteiger partial charge in [0.1, 0.15) is 5.60 Å². The third-order valence-electron chi connectivity index (χ3n) is 3.85. The van der Waals surface area contributed by atoms with Gasteiger partial charge in [-0.1, -0.05) is 0 Å². The Morgan fingerprint density at radius 2 is 2.22 bits per heavy atom. The average Bonchev–Trinajstić information content (AvgIpc) is 2.37. The first-order chi connectivity index (χ1) is 8.71. The van der Waals surface area contributed by atoms with Crippen molar-refractivity contribution in [2.75, 3.05) is 31.7 Å². The summed E-state index contributed by atoms with van der Waals surface area (Å²) in [4.78, 5) is 2.21. The number of ether oxygens (including phenoxy) is 2. The van der Waals surface area contributed by atoms with Gasteiger partial charge in [-0.3, -0.25) is 0 Å². The number of nitrogens with zero attached hydrogens (tertiary/aromatic N) is 3. The van der Waals surface area contributed by atoms with Crippen LogP contribution in [0.2, 0.25) is 0 Å². The second-order valence-corrected chi connectivity index (χ2v) is 5.27. The first kappa shape index (κ1) is 11.9. The zero-order valence-corrected chi connectivity index (χ0v) is 10.9. The molecule has 5 nitrogen and oxygen atoms in total. The van der Waals surface area contributed by atoms with Crippen LogP contribution in [-0.4, -0.2) is 48.7 Å². The van der Waals surface area contributed by atoms with Gasteiger partial charge < -0.3 is 14.4 Å². The fourth-order valence-corrected chi connectivity index (χ4v) is 2.78. The molecule has 1 spiro atoms. The third-order valence-corrected chi connectivity index (χ3v) is 3.85. The number of anilines is 1. The van der Waals surface area contributed by atoms with Crippen molar-refractivity contribution in [3.8, 4) is 0 Å². The Bertz CT molecular complexity index is 415. The van der Waals surface area contributed by atoms with Crippen molar-refractivity contribution in [2.45, 2.75) is 31.5 Å². The van der Waals surface area contributed by atoms with Gasteiger partial charge in [0.25, 0.3) is 0 Å². The zero-order valence-electron chi connectivity index (χ0n) is 10.9. The second-order valence-electron chi connectivity index (χ2n) is 5.27. The summed E-state index contributed by atoms with van der Waals surface area (Å²) < 4.78 is 11.4. The van der Waals surface area contributed by atoms with Crippen LogP contribution in [0.4, 0.5) is 5.82 Å². The highest BCUT2D eigenvalue weighted by atomic mass is 16.5. The van der Waals surface area contributed by atoms with Crippen LogP contribution >= 0.6 is 0 Å². The monoisotopic (exact) mass is 249 g/mol. The minimum atomic E-state index is -0.0223. The lowest BCUT2D eigenvalue weighted by molar-refractivity contribution is -0.138. The van der Waals surface area contributed by atoms with Gasteiger partial charge >= 0.3 is 0 Å². The molecule has 3 heterocycles. The molecule has 2 fully saturated rings. The second kappa shape index (κ2) is 4.48. The maximum absolute atomic E-state index is 5.94. The molecule has 18 heavy (non-hydrogen) atoms. The smallest absolute Gasteiger partial charge is 0.151 e. The topological polar surface area (TPSA) is 47.5 Å². The van der Waals surface area contributed by atoms with Crippen LogP contribution in [0.25, 0.3) is 0 Å². The number of hydrogen-bond donors (Lipinski definition) is 0. The largest absolute Gasteiger partial charge is 0.381 e. The van der Waals surface area contributed by atoms with E-state index in [1.807, 2.05) is 19.1 Å². The van der Waals surface area contributed by atoms with Crippen LogP contribution in [0.5, 0.6) is 0 Å². The summed E-state index contributed by atoms with van der Waals surface area (Å²) in [7, 11) is 1.78. The molecule has 0 amide bonds. The van der Waals surface area contributed by atoms with Gasteiger partial charge in [-0.05, 0) is 25.5 Å². The summed E-state index contributed by atoms with van der Waals surface area (Å²) in [5.74, 6) is 0.939. The van der Waals surface area contributed by atoms with Gasteiger partial charge in [0, 0.05) is 20.1 Å². The molecule has 0 unspecified atom stereocenters. The fraction of sp³-hybridized carbons (Fsp3) is 0.692. The molecule has 1 aromatic heterocycles. The zero-order chi connectivity index (χ0) is 12.6. The van der Waals surface area contributed by atoms with Crippen LogP contribution in [0.1, 0.15) is 18.5 Å².